The molecule has 88 valence electrons. The molecule has 1 aromatic rings. The molecule has 0 saturated heterocycles. The third-order valence-electron chi connectivity index (χ3n) is 2.47. The van der Waals surface area contributed by atoms with Crippen molar-refractivity contribution in [3.63, 3.8) is 0 Å². The van der Waals surface area contributed by atoms with Crippen LogP contribution in [0.3, 0.4) is 0 Å². The first-order chi connectivity index (χ1) is 7.65. The highest BCUT2D eigenvalue weighted by molar-refractivity contribution is 5.38. The molecule has 1 aromatic carbocycles. The molecule has 0 aliphatic carbocycles. The topological polar surface area (TPSA) is 35.2 Å². The number of hydrogen-bond acceptors (Lipinski definition) is 2. The lowest BCUT2D eigenvalue weighted by Crippen LogP contribution is -2.08. The van der Waals surface area contributed by atoms with Crippen LogP contribution in [0.1, 0.15) is 36.9 Å². The average Bonchev–Trinajstić information content (AvgIpc) is 2.24. The molecular formula is C14H21NO. The van der Waals surface area contributed by atoms with Crippen LogP contribution in [0.2, 0.25) is 0 Å². The predicted molar refractivity (Wildman–Crippen MR) is 68.7 cm³/mol. The molecule has 1 unspecified atom stereocenters. The van der Waals surface area contributed by atoms with E-state index in [-0.39, 0.29) is 6.04 Å². The van der Waals surface area contributed by atoms with Crippen molar-refractivity contribution in [2.45, 2.75) is 32.7 Å². The fourth-order valence-corrected chi connectivity index (χ4v) is 1.55. The summed E-state index contributed by atoms with van der Waals surface area (Å²) >= 11 is 0. The normalized spacial score (nSPS) is 12.2. The van der Waals surface area contributed by atoms with Crippen LogP contribution in [0.4, 0.5) is 0 Å². The minimum Gasteiger partial charge on any atom is -0.493 e. The van der Waals surface area contributed by atoms with Gasteiger partial charge < -0.3 is 10.5 Å². The summed E-state index contributed by atoms with van der Waals surface area (Å²) < 4.78 is 5.75. The molecule has 16 heavy (non-hydrogen) atoms. The summed E-state index contributed by atoms with van der Waals surface area (Å²) in [6.45, 7) is 8.44. The van der Waals surface area contributed by atoms with E-state index in [9.17, 15) is 0 Å². The highest BCUT2D eigenvalue weighted by atomic mass is 16.5. The minimum absolute atomic E-state index is 0.00926. The van der Waals surface area contributed by atoms with Crippen molar-refractivity contribution in [3.8, 4) is 5.75 Å². The van der Waals surface area contributed by atoms with E-state index in [0.717, 1.165) is 30.8 Å². The molecule has 1 rings (SSSR count). The van der Waals surface area contributed by atoms with Gasteiger partial charge in [0.25, 0.3) is 0 Å². The first-order valence-corrected chi connectivity index (χ1v) is 5.75. The van der Waals surface area contributed by atoms with Gasteiger partial charge in [0, 0.05) is 11.6 Å². The van der Waals surface area contributed by atoms with Crippen LogP contribution in [0.5, 0.6) is 5.75 Å². The Bertz CT molecular complexity index is 345. The summed E-state index contributed by atoms with van der Waals surface area (Å²) in [5.41, 5.74) is 8.17. The van der Waals surface area contributed by atoms with E-state index in [2.05, 4.69) is 19.6 Å². The van der Waals surface area contributed by atoms with Gasteiger partial charge in [-0.2, -0.15) is 0 Å². The Morgan fingerprint density at radius 2 is 2.25 bits per heavy atom. The van der Waals surface area contributed by atoms with E-state index in [0.29, 0.717) is 0 Å². The zero-order valence-electron chi connectivity index (χ0n) is 10.2. The van der Waals surface area contributed by atoms with Gasteiger partial charge in [-0.05, 0) is 38.3 Å². The standard InChI is InChI=1S/C14H21NO/c1-4-5-6-9-16-14-10-11(2)7-8-13(14)12(3)15/h4,7-8,10,12H,1,5-6,9,15H2,2-3H3. The summed E-state index contributed by atoms with van der Waals surface area (Å²) in [7, 11) is 0. The van der Waals surface area contributed by atoms with Crippen LogP contribution in [-0.4, -0.2) is 6.61 Å². The zero-order chi connectivity index (χ0) is 12.0. The Morgan fingerprint density at radius 3 is 2.88 bits per heavy atom. The second kappa shape index (κ2) is 6.33. The Hall–Kier alpha value is -1.28. The monoisotopic (exact) mass is 219 g/mol. The van der Waals surface area contributed by atoms with Gasteiger partial charge in [0.05, 0.1) is 6.61 Å². The molecule has 0 saturated carbocycles. The molecule has 1 atom stereocenters. The molecule has 2 nitrogen and oxygen atoms in total. The van der Waals surface area contributed by atoms with Gasteiger partial charge in [-0.3, -0.25) is 0 Å². The van der Waals surface area contributed by atoms with Gasteiger partial charge in [-0.25, -0.2) is 0 Å². The van der Waals surface area contributed by atoms with Crippen molar-refractivity contribution in [2.75, 3.05) is 6.61 Å². The third kappa shape index (κ3) is 3.70. The summed E-state index contributed by atoms with van der Waals surface area (Å²) in [5, 5.41) is 0. The Morgan fingerprint density at radius 1 is 1.50 bits per heavy atom. The van der Waals surface area contributed by atoms with Crippen LogP contribution in [0.15, 0.2) is 30.9 Å². The van der Waals surface area contributed by atoms with Crippen molar-refractivity contribution in [1.82, 2.24) is 0 Å². The molecule has 0 amide bonds. The van der Waals surface area contributed by atoms with E-state index in [1.807, 2.05) is 25.1 Å². The molecule has 0 spiro atoms. The van der Waals surface area contributed by atoms with Gasteiger partial charge >= 0.3 is 0 Å². The fraction of sp³-hybridized carbons (Fsp3) is 0.429. The van der Waals surface area contributed by atoms with Crippen LogP contribution in [0.25, 0.3) is 0 Å². The van der Waals surface area contributed by atoms with E-state index in [1.165, 1.54) is 5.56 Å². The molecule has 2 N–H and O–H groups in total. The van der Waals surface area contributed by atoms with Crippen molar-refractivity contribution in [3.05, 3.63) is 42.0 Å². The summed E-state index contributed by atoms with van der Waals surface area (Å²) in [4.78, 5) is 0. The smallest absolute Gasteiger partial charge is 0.124 e. The molecule has 0 fully saturated rings. The molecule has 0 aromatic heterocycles. The Balaban J connectivity index is 2.68. The number of nitrogens with two attached hydrogens (primary N) is 1. The highest BCUT2D eigenvalue weighted by Crippen LogP contribution is 2.25. The lowest BCUT2D eigenvalue weighted by atomic mass is 10.1. The van der Waals surface area contributed by atoms with Crippen LogP contribution >= 0.6 is 0 Å². The second-order valence-corrected chi connectivity index (χ2v) is 4.11. The van der Waals surface area contributed by atoms with Gasteiger partial charge in [0.2, 0.25) is 0 Å². The summed E-state index contributed by atoms with van der Waals surface area (Å²) in [5.74, 6) is 0.916. The Labute approximate surface area is 98.1 Å². The summed E-state index contributed by atoms with van der Waals surface area (Å²) in [6, 6.07) is 6.17. The molecule has 0 radical (unpaired) electrons. The SMILES string of the molecule is C=CCCCOc1cc(C)ccc1C(C)N. The number of ether oxygens (including phenoxy) is 1. The van der Waals surface area contributed by atoms with E-state index >= 15 is 0 Å². The van der Waals surface area contributed by atoms with Crippen LogP contribution in [-0.2, 0) is 0 Å². The fourth-order valence-electron chi connectivity index (χ4n) is 1.55. The minimum atomic E-state index is 0.00926. The summed E-state index contributed by atoms with van der Waals surface area (Å²) in [6.07, 6.45) is 3.89. The van der Waals surface area contributed by atoms with Crippen LogP contribution in [0, 0.1) is 6.92 Å². The van der Waals surface area contributed by atoms with Gasteiger partial charge in [-0.1, -0.05) is 18.2 Å². The lowest BCUT2D eigenvalue weighted by Gasteiger charge is -2.14. The molecular weight excluding hydrogens is 198 g/mol. The quantitative estimate of drug-likeness (QED) is 0.588. The van der Waals surface area contributed by atoms with Crippen molar-refractivity contribution in [1.29, 1.82) is 0 Å². The van der Waals surface area contributed by atoms with Gasteiger partial charge in [-0.15, -0.1) is 6.58 Å². The van der Waals surface area contributed by atoms with Crippen molar-refractivity contribution >= 4 is 0 Å². The molecule has 0 heterocycles. The lowest BCUT2D eigenvalue weighted by molar-refractivity contribution is 0.307. The number of aryl methyl sites for hydroxylation is 1. The number of hydrogen-bond donors (Lipinski definition) is 1. The number of rotatable bonds is 6. The predicted octanol–water partition coefficient (Wildman–Crippen LogP) is 3.36. The first kappa shape index (κ1) is 12.8. The maximum Gasteiger partial charge on any atom is 0.124 e. The second-order valence-electron chi connectivity index (χ2n) is 4.11. The Kier molecular flexibility index (Phi) is 5.06. The third-order valence-corrected chi connectivity index (χ3v) is 2.47. The van der Waals surface area contributed by atoms with Gasteiger partial charge in [0.1, 0.15) is 5.75 Å². The van der Waals surface area contributed by atoms with E-state index in [4.69, 9.17) is 10.5 Å². The average molecular weight is 219 g/mol. The number of benzene rings is 1. The number of allylic oxidation sites excluding steroid dienone is 1. The molecule has 0 aliphatic heterocycles. The molecule has 0 bridgehead atoms. The van der Waals surface area contributed by atoms with Crippen molar-refractivity contribution < 1.29 is 4.74 Å². The number of unbranched alkanes of at least 4 members (excludes halogenated alkanes) is 1. The highest BCUT2D eigenvalue weighted by Gasteiger charge is 2.07. The van der Waals surface area contributed by atoms with E-state index in [1.54, 1.807) is 0 Å². The molecule has 0 aliphatic rings. The maximum atomic E-state index is 5.90. The molecule has 2 heteroatoms. The van der Waals surface area contributed by atoms with Gasteiger partial charge in [0.15, 0.2) is 0 Å². The maximum absolute atomic E-state index is 5.90. The zero-order valence-corrected chi connectivity index (χ0v) is 10.2. The largest absolute Gasteiger partial charge is 0.493 e. The first-order valence-electron chi connectivity index (χ1n) is 5.75. The van der Waals surface area contributed by atoms with Crippen molar-refractivity contribution in [2.24, 2.45) is 5.73 Å². The van der Waals surface area contributed by atoms with Crippen LogP contribution < -0.4 is 10.5 Å². The van der Waals surface area contributed by atoms with E-state index < -0.39 is 0 Å².